The number of nitrogen functional groups attached to an aromatic ring is 1. The van der Waals surface area contributed by atoms with Gasteiger partial charge in [0.15, 0.2) is 0 Å². The van der Waals surface area contributed by atoms with Crippen molar-refractivity contribution in [3.05, 3.63) is 18.2 Å². The van der Waals surface area contributed by atoms with Gasteiger partial charge in [0, 0.05) is 12.7 Å². The molecular formula is C7H10N2O. The van der Waals surface area contributed by atoms with E-state index in [1.165, 1.54) is 0 Å². The maximum atomic E-state index is 9.12. The van der Waals surface area contributed by atoms with Gasteiger partial charge in [-0.15, -0.1) is 0 Å². The fraction of sp³-hybridized carbons (Fsp3) is 0.143. The lowest BCUT2D eigenvalue weighted by molar-refractivity contribution is 0.477. The van der Waals surface area contributed by atoms with Crippen molar-refractivity contribution in [1.29, 1.82) is 0 Å². The van der Waals surface area contributed by atoms with Gasteiger partial charge in [-0.2, -0.15) is 0 Å². The number of benzene rings is 1. The van der Waals surface area contributed by atoms with Crippen LogP contribution in [0.3, 0.4) is 0 Å². The van der Waals surface area contributed by atoms with E-state index >= 15 is 0 Å². The largest absolute Gasteiger partial charge is 0.506 e. The highest BCUT2D eigenvalue weighted by molar-refractivity contribution is 5.62. The van der Waals surface area contributed by atoms with Gasteiger partial charge in [0.2, 0.25) is 0 Å². The van der Waals surface area contributed by atoms with Crippen molar-refractivity contribution in [2.45, 2.75) is 0 Å². The number of rotatable bonds is 1. The second kappa shape index (κ2) is 2.47. The summed E-state index contributed by atoms with van der Waals surface area (Å²) < 4.78 is 0. The molecule has 0 saturated heterocycles. The Bertz CT molecular complexity index is 235. The van der Waals surface area contributed by atoms with Crippen LogP contribution in [-0.4, -0.2) is 12.2 Å². The molecule has 0 amide bonds. The summed E-state index contributed by atoms with van der Waals surface area (Å²) in [5.41, 5.74) is 6.75. The van der Waals surface area contributed by atoms with Gasteiger partial charge in [0.1, 0.15) is 5.75 Å². The van der Waals surface area contributed by atoms with Crippen LogP contribution < -0.4 is 11.1 Å². The van der Waals surface area contributed by atoms with Crippen LogP contribution in [0.4, 0.5) is 11.4 Å². The molecule has 10 heavy (non-hydrogen) atoms. The number of nitrogens with two attached hydrogens (primary N) is 1. The van der Waals surface area contributed by atoms with E-state index in [9.17, 15) is 0 Å². The molecule has 0 fully saturated rings. The lowest BCUT2D eigenvalue weighted by atomic mass is 10.2. The third-order valence-corrected chi connectivity index (χ3v) is 1.29. The van der Waals surface area contributed by atoms with Gasteiger partial charge in [-0.05, 0) is 18.2 Å². The van der Waals surface area contributed by atoms with Crippen LogP contribution in [0, 0.1) is 0 Å². The Morgan fingerprint density at radius 3 is 2.70 bits per heavy atom. The summed E-state index contributed by atoms with van der Waals surface area (Å²) in [6.45, 7) is 0. The minimum atomic E-state index is 0.219. The first-order valence-corrected chi connectivity index (χ1v) is 3.00. The Kier molecular flexibility index (Phi) is 1.67. The fourth-order valence-corrected chi connectivity index (χ4v) is 0.754. The molecule has 3 heteroatoms. The Hall–Kier alpha value is -1.38. The molecule has 0 radical (unpaired) electrons. The lowest BCUT2D eigenvalue weighted by Gasteiger charge is -2.02. The molecule has 4 N–H and O–H groups in total. The Morgan fingerprint density at radius 2 is 2.20 bits per heavy atom. The van der Waals surface area contributed by atoms with E-state index in [0.29, 0.717) is 11.4 Å². The van der Waals surface area contributed by atoms with Crippen molar-refractivity contribution in [2.24, 2.45) is 0 Å². The highest BCUT2D eigenvalue weighted by Crippen LogP contribution is 2.23. The minimum absolute atomic E-state index is 0.219. The van der Waals surface area contributed by atoms with Crippen molar-refractivity contribution in [2.75, 3.05) is 18.1 Å². The number of hydrogen-bond donors (Lipinski definition) is 3. The number of hydrogen-bond acceptors (Lipinski definition) is 3. The first kappa shape index (κ1) is 6.74. The fourth-order valence-electron chi connectivity index (χ4n) is 0.754. The normalized spacial score (nSPS) is 9.30. The Balaban J connectivity index is 3.09. The van der Waals surface area contributed by atoms with E-state index < -0.39 is 0 Å². The van der Waals surface area contributed by atoms with Gasteiger partial charge in [0.25, 0.3) is 0 Å². The summed E-state index contributed by atoms with van der Waals surface area (Å²) in [7, 11) is 1.73. The molecule has 0 saturated carbocycles. The zero-order valence-electron chi connectivity index (χ0n) is 5.76. The SMILES string of the molecule is CNc1cc(N)ccc1O. The second-order valence-electron chi connectivity index (χ2n) is 2.03. The average molecular weight is 138 g/mol. The molecule has 1 rings (SSSR count). The molecule has 0 heterocycles. The maximum Gasteiger partial charge on any atom is 0.138 e. The number of aromatic hydroxyl groups is 1. The number of nitrogens with one attached hydrogen (secondary N) is 1. The van der Waals surface area contributed by atoms with Crippen LogP contribution in [0.2, 0.25) is 0 Å². The van der Waals surface area contributed by atoms with Crippen LogP contribution in [0.25, 0.3) is 0 Å². The van der Waals surface area contributed by atoms with Gasteiger partial charge >= 0.3 is 0 Å². The average Bonchev–Trinajstić information content (AvgIpc) is 1.94. The van der Waals surface area contributed by atoms with Gasteiger partial charge in [-0.3, -0.25) is 0 Å². The molecule has 0 bridgehead atoms. The van der Waals surface area contributed by atoms with E-state index in [-0.39, 0.29) is 5.75 Å². The van der Waals surface area contributed by atoms with Gasteiger partial charge in [0.05, 0.1) is 5.69 Å². The standard InChI is InChI=1S/C7H10N2O/c1-9-6-4-5(8)2-3-7(6)10/h2-4,9-10H,8H2,1H3. The van der Waals surface area contributed by atoms with Crippen molar-refractivity contribution >= 4 is 11.4 Å². The summed E-state index contributed by atoms with van der Waals surface area (Å²) in [4.78, 5) is 0. The second-order valence-corrected chi connectivity index (χ2v) is 2.03. The van der Waals surface area contributed by atoms with Gasteiger partial charge < -0.3 is 16.2 Å². The van der Waals surface area contributed by atoms with Crippen LogP contribution in [0.1, 0.15) is 0 Å². The molecule has 0 unspecified atom stereocenters. The smallest absolute Gasteiger partial charge is 0.138 e. The molecule has 0 aliphatic carbocycles. The van der Waals surface area contributed by atoms with E-state index in [4.69, 9.17) is 10.8 Å². The number of phenols is 1. The third-order valence-electron chi connectivity index (χ3n) is 1.29. The van der Waals surface area contributed by atoms with Crippen LogP contribution in [-0.2, 0) is 0 Å². The zero-order valence-corrected chi connectivity index (χ0v) is 5.76. The van der Waals surface area contributed by atoms with Crippen LogP contribution in [0.5, 0.6) is 5.75 Å². The summed E-state index contributed by atoms with van der Waals surface area (Å²) in [6.07, 6.45) is 0. The topological polar surface area (TPSA) is 58.3 Å². The lowest BCUT2D eigenvalue weighted by Crippen LogP contribution is -1.90. The van der Waals surface area contributed by atoms with Gasteiger partial charge in [-0.25, -0.2) is 0 Å². The molecular weight excluding hydrogens is 128 g/mol. The molecule has 1 aromatic rings. The first-order valence-electron chi connectivity index (χ1n) is 3.00. The molecule has 1 aromatic carbocycles. The van der Waals surface area contributed by atoms with E-state index in [2.05, 4.69) is 5.32 Å². The molecule has 0 aromatic heterocycles. The highest BCUT2D eigenvalue weighted by atomic mass is 16.3. The predicted octanol–water partition coefficient (Wildman–Crippen LogP) is 1.02. The van der Waals surface area contributed by atoms with Crippen molar-refractivity contribution in [3.63, 3.8) is 0 Å². The summed E-state index contributed by atoms with van der Waals surface area (Å²) in [6, 6.07) is 4.88. The molecule has 0 spiro atoms. The zero-order chi connectivity index (χ0) is 7.56. The van der Waals surface area contributed by atoms with Gasteiger partial charge in [-0.1, -0.05) is 0 Å². The Morgan fingerprint density at radius 1 is 1.50 bits per heavy atom. The molecule has 0 atom stereocenters. The third kappa shape index (κ3) is 1.13. The molecule has 54 valence electrons. The van der Waals surface area contributed by atoms with Crippen molar-refractivity contribution in [1.82, 2.24) is 0 Å². The summed E-state index contributed by atoms with van der Waals surface area (Å²) in [5, 5.41) is 11.9. The molecule has 0 aliphatic rings. The highest BCUT2D eigenvalue weighted by Gasteiger charge is 1.96. The molecule has 3 nitrogen and oxygen atoms in total. The van der Waals surface area contributed by atoms with Crippen molar-refractivity contribution < 1.29 is 5.11 Å². The summed E-state index contributed by atoms with van der Waals surface area (Å²) >= 11 is 0. The first-order chi connectivity index (χ1) is 4.74. The van der Waals surface area contributed by atoms with Crippen molar-refractivity contribution in [3.8, 4) is 5.75 Å². The maximum absolute atomic E-state index is 9.12. The van der Waals surface area contributed by atoms with Crippen LogP contribution >= 0.6 is 0 Å². The number of anilines is 2. The quantitative estimate of drug-likeness (QED) is 0.308. The van der Waals surface area contributed by atoms with E-state index in [0.717, 1.165) is 0 Å². The van der Waals surface area contributed by atoms with E-state index in [1.54, 1.807) is 25.2 Å². The van der Waals surface area contributed by atoms with Crippen LogP contribution in [0.15, 0.2) is 18.2 Å². The molecule has 0 aliphatic heterocycles. The van der Waals surface area contributed by atoms with E-state index in [1.807, 2.05) is 0 Å². The predicted molar refractivity (Wildman–Crippen MR) is 42.1 cm³/mol. The Labute approximate surface area is 59.5 Å². The monoisotopic (exact) mass is 138 g/mol. The minimum Gasteiger partial charge on any atom is -0.506 e. The summed E-state index contributed by atoms with van der Waals surface area (Å²) in [5.74, 6) is 0.219. The number of phenolic OH excluding ortho intramolecular Hbond substituents is 1.